The predicted octanol–water partition coefficient (Wildman–Crippen LogP) is 3.53. The van der Waals surface area contributed by atoms with Crippen molar-refractivity contribution in [3.05, 3.63) is 60.5 Å². The Labute approximate surface area is 182 Å². The van der Waals surface area contributed by atoms with E-state index in [0.717, 1.165) is 12.1 Å². The number of carbonyl (C=O) groups is 1. The van der Waals surface area contributed by atoms with Gasteiger partial charge in [-0.2, -0.15) is 5.10 Å². The van der Waals surface area contributed by atoms with Crippen molar-refractivity contribution in [2.75, 3.05) is 17.1 Å². The number of aromatic amines is 1. The molecule has 0 bridgehead atoms. The van der Waals surface area contributed by atoms with Crippen LogP contribution >= 0.6 is 0 Å². The molecular weight excluding hydrogens is 437 g/mol. The van der Waals surface area contributed by atoms with E-state index in [0.29, 0.717) is 33.7 Å². The van der Waals surface area contributed by atoms with Crippen LogP contribution in [0.2, 0.25) is 0 Å². The minimum absolute atomic E-state index is 0.0213. The van der Waals surface area contributed by atoms with Gasteiger partial charge in [0.25, 0.3) is 10.0 Å². The number of hydrogen-bond acceptors (Lipinski definition) is 6. The first kappa shape index (κ1) is 21.2. The fraction of sp³-hybridized carbons (Fsp3) is 0.0952. The Kier molecular flexibility index (Phi) is 5.49. The molecule has 11 heteroatoms. The second kappa shape index (κ2) is 8.27. The Morgan fingerprint density at radius 2 is 1.88 bits per heavy atom. The van der Waals surface area contributed by atoms with Crippen LogP contribution in [0.3, 0.4) is 0 Å². The van der Waals surface area contributed by atoms with Crippen LogP contribution in [0.15, 0.2) is 59.6 Å². The Hall–Kier alpha value is -3.99. The summed E-state index contributed by atoms with van der Waals surface area (Å²) in [5.74, 6) is 0.0537. The molecule has 32 heavy (non-hydrogen) atoms. The number of amides is 1. The summed E-state index contributed by atoms with van der Waals surface area (Å²) in [4.78, 5) is 15.7. The van der Waals surface area contributed by atoms with Crippen molar-refractivity contribution in [3.8, 4) is 16.9 Å². The number of benzene rings is 2. The highest BCUT2D eigenvalue weighted by atomic mass is 32.2. The lowest BCUT2D eigenvalue weighted by atomic mass is 10.1. The molecule has 0 aliphatic carbocycles. The zero-order valence-electron chi connectivity index (χ0n) is 17.0. The third kappa shape index (κ3) is 4.23. The zero-order valence-corrected chi connectivity index (χ0v) is 17.8. The van der Waals surface area contributed by atoms with E-state index in [1.165, 1.54) is 50.6 Å². The minimum Gasteiger partial charge on any atom is -0.496 e. The zero-order chi connectivity index (χ0) is 22.9. The molecule has 9 nitrogen and oxygen atoms in total. The second-order valence-corrected chi connectivity index (χ2v) is 8.53. The van der Waals surface area contributed by atoms with Crippen LogP contribution in [0.25, 0.3) is 22.2 Å². The first-order valence-electron chi connectivity index (χ1n) is 9.35. The number of nitrogens with one attached hydrogen (secondary N) is 3. The SMILES string of the molecule is COc1ccc(S(=O)(=O)Nc2ccc(F)cc2)cc1-c1cnc2n[nH]c(NC(C)=O)c2c1. The smallest absolute Gasteiger partial charge is 0.261 e. The van der Waals surface area contributed by atoms with E-state index in [1.807, 2.05) is 0 Å². The van der Waals surface area contributed by atoms with Gasteiger partial charge in [-0.05, 0) is 48.5 Å². The number of sulfonamides is 1. The Bertz CT molecular complexity index is 1420. The number of aromatic nitrogens is 3. The molecule has 3 N–H and O–H groups in total. The lowest BCUT2D eigenvalue weighted by molar-refractivity contribution is -0.114. The third-order valence-electron chi connectivity index (χ3n) is 4.60. The maximum atomic E-state index is 13.1. The predicted molar refractivity (Wildman–Crippen MR) is 117 cm³/mol. The van der Waals surface area contributed by atoms with Crippen LogP contribution in [0.4, 0.5) is 15.9 Å². The van der Waals surface area contributed by atoms with Crippen molar-refractivity contribution < 1.29 is 22.3 Å². The van der Waals surface area contributed by atoms with E-state index in [1.54, 1.807) is 6.07 Å². The molecule has 1 amide bonds. The molecule has 0 saturated heterocycles. The molecule has 0 aliphatic rings. The highest BCUT2D eigenvalue weighted by molar-refractivity contribution is 7.92. The van der Waals surface area contributed by atoms with Crippen molar-refractivity contribution in [2.24, 2.45) is 0 Å². The highest BCUT2D eigenvalue weighted by Gasteiger charge is 2.19. The first-order valence-corrected chi connectivity index (χ1v) is 10.8. The molecule has 0 saturated carbocycles. The number of halogens is 1. The molecule has 0 unspecified atom stereocenters. The van der Waals surface area contributed by atoms with E-state index >= 15 is 0 Å². The number of pyridine rings is 1. The van der Waals surface area contributed by atoms with Crippen LogP contribution in [-0.4, -0.2) is 36.6 Å². The van der Waals surface area contributed by atoms with Crippen molar-refractivity contribution in [1.29, 1.82) is 0 Å². The summed E-state index contributed by atoms with van der Waals surface area (Å²) < 4.78 is 46.7. The molecule has 0 aliphatic heterocycles. The average Bonchev–Trinajstić information content (AvgIpc) is 3.16. The molecule has 0 fully saturated rings. The van der Waals surface area contributed by atoms with Crippen LogP contribution in [-0.2, 0) is 14.8 Å². The van der Waals surface area contributed by atoms with Gasteiger partial charge in [0.15, 0.2) is 5.65 Å². The maximum absolute atomic E-state index is 13.1. The van der Waals surface area contributed by atoms with E-state index in [9.17, 15) is 17.6 Å². The Morgan fingerprint density at radius 1 is 1.12 bits per heavy atom. The van der Waals surface area contributed by atoms with Gasteiger partial charge < -0.3 is 10.1 Å². The van der Waals surface area contributed by atoms with Gasteiger partial charge in [-0.1, -0.05) is 0 Å². The summed E-state index contributed by atoms with van der Waals surface area (Å²) in [5, 5.41) is 9.95. The number of anilines is 2. The van der Waals surface area contributed by atoms with Crippen molar-refractivity contribution in [2.45, 2.75) is 11.8 Å². The standard InChI is InChI=1S/C21H18FN5O4S/c1-12(28)24-21-18-9-13(11-23-20(18)25-26-21)17-10-16(7-8-19(17)31-2)32(29,30)27-15-5-3-14(22)4-6-15/h3-11,27H,1-2H3,(H2,23,24,25,26,28). The van der Waals surface area contributed by atoms with Gasteiger partial charge in [0.1, 0.15) is 17.4 Å². The molecule has 2 aromatic carbocycles. The molecule has 2 aromatic heterocycles. The van der Waals surface area contributed by atoms with Crippen molar-refractivity contribution >= 4 is 38.5 Å². The minimum atomic E-state index is -3.96. The summed E-state index contributed by atoms with van der Waals surface area (Å²) in [5.41, 5.74) is 1.64. The van der Waals surface area contributed by atoms with Crippen LogP contribution < -0.4 is 14.8 Å². The number of methoxy groups -OCH3 is 1. The van der Waals surface area contributed by atoms with E-state index in [-0.39, 0.29) is 16.5 Å². The van der Waals surface area contributed by atoms with Gasteiger partial charge in [-0.25, -0.2) is 17.8 Å². The quantitative estimate of drug-likeness (QED) is 0.408. The molecule has 4 rings (SSSR count). The summed E-state index contributed by atoms with van der Waals surface area (Å²) in [6.45, 7) is 1.37. The van der Waals surface area contributed by atoms with E-state index in [4.69, 9.17) is 4.74 Å². The first-order chi connectivity index (χ1) is 15.3. The summed E-state index contributed by atoms with van der Waals surface area (Å²) in [6.07, 6.45) is 1.53. The Morgan fingerprint density at radius 3 is 2.56 bits per heavy atom. The number of carbonyl (C=O) groups excluding carboxylic acids is 1. The van der Waals surface area contributed by atoms with Gasteiger partial charge in [0, 0.05) is 29.9 Å². The maximum Gasteiger partial charge on any atom is 0.261 e. The lowest BCUT2D eigenvalue weighted by Gasteiger charge is -2.13. The van der Waals surface area contributed by atoms with Gasteiger partial charge in [0.05, 0.1) is 17.4 Å². The van der Waals surface area contributed by atoms with E-state index in [2.05, 4.69) is 25.2 Å². The highest BCUT2D eigenvalue weighted by Crippen LogP contribution is 2.34. The average molecular weight is 455 g/mol. The van der Waals surface area contributed by atoms with Crippen LogP contribution in [0, 0.1) is 5.82 Å². The molecular formula is C21H18FN5O4S. The fourth-order valence-corrected chi connectivity index (χ4v) is 4.21. The summed E-state index contributed by atoms with van der Waals surface area (Å²) in [6, 6.07) is 11.1. The van der Waals surface area contributed by atoms with Gasteiger partial charge in [-0.15, -0.1) is 0 Å². The van der Waals surface area contributed by atoms with Crippen LogP contribution in [0.1, 0.15) is 6.92 Å². The molecule has 0 spiro atoms. The van der Waals surface area contributed by atoms with Gasteiger partial charge in [-0.3, -0.25) is 14.6 Å². The van der Waals surface area contributed by atoms with Gasteiger partial charge >= 0.3 is 0 Å². The number of fused-ring (bicyclic) bond motifs is 1. The largest absolute Gasteiger partial charge is 0.496 e. The molecule has 4 aromatic rings. The van der Waals surface area contributed by atoms with E-state index < -0.39 is 15.8 Å². The number of ether oxygens (including phenoxy) is 1. The normalized spacial score (nSPS) is 11.3. The molecule has 164 valence electrons. The number of rotatable bonds is 6. The van der Waals surface area contributed by atoms with Gasteiger partial charge in [0.2, 0.25) is 5.91 Å². The number of nitrogens with zero attached hydrogens (tertiary/aromatic N) is 2. The second-order valence-electron chi connectivity index (χ2n) is 6.85. The van der Waals surface area contributed by atoms with Crippen LogP contribution in [0.5, 0.6) is 5.75 Å². The number of hydrogen-bond donors (Lipinski definition) is 3. The topological polar surface area (TPSA) is 126 Å². The van der Waals surface area contributed by atoms with Crippen molar-refractivity contribution in [3.63, 3.8) is 0 Å². The lowest BCUT2D eigenvalue weighted by Crippen LogP contribution is -2.13. The van der Waals surface area contributed by atoms with Crippen molar-refractivity contribution in [1.82, 2.24) is 15.2 Å². The number of H-pyrrole nitrogens is 1. The molecule has 0 radical (unpaired) electrons. The third-order valence-corrected chi connectivity index (χ3v) is 5.98. The molecule has 0 atom stereocenters. The summed E-state index contributed by atoms with van der Waals surface area (Å²) in [7, 11) is -2.49. The monoisotopic (exact) mass is 455 g/mol. The Balaban J connectivity index is 1.77. The molecule has 2 heterocycles. The summed E-state index contributed by atoms with van der Waals surface area (Å²) >= 11 is 0. The fourth-order valence-electron chi connectivity index (χ4n) is 3.13.